The topological polar surface area (TPSA) is 77.1 Å². The van der Waals surface area contributed by atoms with Crippen molar-refractivity contribution in [3.05, 3.63) is 23.8 Å². The first-order valence-corrected chi connectivity index (χ1v) is 10.4. The minimum absolute atomic E-state index is 0.173. The fourth-order valence-corrected chi connectivity index (χ4v) is 3.31. The molecule has 2 unspecified atom stereocenters. The molecule has 1 heterocycles. The van der Waals surface area contributed by atoms with Crippen LogP contribution in [0.3, 0.4) is 0 Å². The summed E-state index contributed by atoms with van der Waals surface area (Å²) < 4.78 is 16.7. The van der Waals surface area contributed by atoms with Crippen molar-refractivity contribution < 1.29 is 23.8 Å². The van der Waals surface area contributed by atoms with Crippen LogP contribution in [0.15, 0.2) is 18.2 Å². The molecule has 0 saturated carbocycles. The molecular formula is C22H34N2O5. The van der Waals surface area contributed by atoms with Crippen molar-refractivity contribution in [2.24, 2.45) is 0 Å². The van der Waals surface area contributed by atoms with Gasteiger partial charge in [0.05, 0.1) is 19.3 Å². The van der Waals surface area contributed by atoms with Crippen LogP contribution in [0.25, 0.3) is 0 Å². The van der Waals surface area contributed by atoms with Crippen molar-refractivity contribution in [2.45, 2.75) is 72.1 Å². The van der Waals surface area contributed by atoms with Gasteiger partial charge in [-0.3, -0.25) is 9.69 Å². The Kier molecular flexibility index (Phi) is 7.76. The van der Waals surface area contributed by atoms with Gasteiger partial charge in [0.1, 0.15) is 11.6 Å². The second-order valence-corrected chi connectivity index (χ2v) is 8.13. The fraction of sp³-hybridized carbons (Fsp3) is 0.636. The standard InChI is InChI=1S/C22H34N2O5/c1-7-27-18-12-11-16(14-19(18)28-8-2)15(3)23-20(25)17-10-9-13-24(17)21(26)29-22(4,5)6/h11-12,14-15,17H,7-10,13H2,1-6H3,(H,23,25). The Morgan fingerprint density at radius 2 is 1.83 bits per heavy atom. The van der Waals surface area contributed by atoms with E-state index in [0.717, 1.165) is 12.0 Å². The Morgan fingerprint density at radius 1 is 1.17 bits per heavy atom. The van der Waals surface area contributed by atoms with Gasteiger partial charge in [0.2, 0.25) is 5.91 Å². The van der Waals surface area contributed by atoms with Gasteiger partial charge in [0.25, 0.3) is 0 Å². The van der Waals surface area contributed by atoms with E-state index in [-0.39, 0.29) is 11.9 Å². The number of nitrogens with one attached hydrogen (secondary N) is 1. The SMILES string of the molecule is CCOc1ccc(C(C)NC(=O)C2CCCN2C(=O)OC(C)(C)C)cc1OCC. The first-order valence-electron chi connectivity index (χ1n) is 10.4. The highest BCUT2D eigenvalue weighted by Gasteiger charge is 2.37. The Morgan fingerprint density at radius 3 is 2.45 bits per heavy atom. The maximum Gasteiger partial charge on any atom is 0.410 e. The van der Waals surface area contributed by atoms with Gasteiger partial charge in [-0.15, -0.1) is 0 Å². The molecule has 1 fully saturated rings. The van der Waals surface area contributed by atoms with Crippen LogP contribution in [0.2, 0.25) is 0 Å². The summed E-state index contributed by atoms with van der Waals surface area (Å²) in [4.78, 5) is 26.8. The Hall–Kier alpha value is -2.44. The molecule has 1 aromatic rings. The number of benzene rings is 1. The number of carbonyl (C=O) groups excluding carboxylic acids is 2. The number of hydrogen-bond donors (Lipinski definition) is 1. The predicted molar refractivity (Wildman–Crippen MR) is 111 cm³/mol. The van der Waals surface area contributed by atoms with Gasteiger partial charge in [0, 0.05) is 6.54 Å². The lowest BCUT2D eigenvalue weighted by atomic mass is 10.1. The predicted octanol–water partition coefficient (Wildman–Crippen LogP) is 4.06. The smallest absolute Gasteiger partial charge is 0.410 e. The zero-order valence-electron chi connectivity index (χ0n) is 18.4. The summed E-state index contributed by atoms with van der Waals surface area (Å²) in [5.74, 6) is 1.17. The van der Waals surface area contributed by atoms with Crippen molar-refractivity contribution in [1.82, 2.24) is 10.2 Å². The normalized spacial score (nSPS) is 17.6. The number of rotatable bonds is 7. The van der Waals surface area contributed by atoms with Crippen LogP contribution < -0.4 is 14.8 Å². The van der Waals surface area contributed by atoms with Crippen LogP contribution in [-0.2, 0) is 9.53 Å². The molecule has 0 spiro atoms. The molecule has 1 aliphatic heterocycles. The lowest BCUT2D eigenvalue weighted by Gasteiger charge is -2.28. The molecule has 2 amide bonds. The lowest BCUT2D eigenvalue weighted by Crippen LogP contribution is -2.48. The number of hydrogen-bond acceptors (Lipinski definition) is 5. The van der Waals surface area contributed by atoms with E-state index in [9.17, 15) is 9.59 Å². The maximum absolute atomic E-state index is 12.9. The molecule has 0 radical (unpaired) electrons. The van der Waals surface area contributed by atoms with Crippen LogP contribution in [0, 0.1) is 0 Å². The summed E-state index contributed by atoms with van der Waals surface area (Å²) >= 11 is 0. The van der Waals surface area contributed by atoms with Crippen molar-refractivity contribution in [2.75, 3.05) is 19.8 Å². The molecule has 1 aromatic carbocycles. The molecule has 2 rings (SSSR count). The van der Waals surface area contributed by atoms with E-state index in [2.05, 4.69) is 5.32 Å². The number of amides is 2. The quantitative estimate of drug-likeness (QED) is 0.739. The zero-order chi connectivity index (χ0) is 21.6. The highest BCUT2D eigenvalue weighted by molar-refractivity contribution is 5.86. The minimum atomic E-state index is -0.591. The van der Waals surface area contributed by atoms with Crippen molar-refractivity contribution in [3.8, 4) is 11.5 Å². The Bertz CT molecular complexity index is 714. The summed E-state index contributed by atoms with van der Waals surface area (Å²) in [7, 11) is 0. The summed E-state index contributed by atoms with van der Waals surface area (Å²) in [6.45, 7) is 12.8. The van der Waals surface area contributed by atoms with Gasteiger partial charge in [0.15, 0.2) is 11.5 Å². The summed E-state index contributed by atoms with van der Waals surface area (Å²) in [5, 5.41) is 3.02. The third kappa shape index (κ3) is 6.27. The van der Waals surface area contributed by atoms with Crippen LogP contribution >= 0.6 is 0 Å². The number of carbonyl (C=O) groups is 2. The molecule has 7 nitrogen and oxygen atoms in total. The monoisotopic (exact) mass is 406 g/mol. The largest absolute Gasteiger partial charge is 0.490 e. The van der Waals surface area contributed by atoms with Crippen LogP contribution in [0.4, 0.5) is 4.79 Å². The van der Waals surface area contributed by atoms with E-state index < -0.39 is 17.7 Å². The number of likely N-dealkylation sites (tertiary alicyclic amines) is 1. The van der Waals surface area contributed by atoms with Gasteiger partial charge in [-0.1, -0.05) is 6.07 Å². The molecule has 1 aliphatic rings. The zero-order valence-corrected chi connectivity index (χ0v) is 18.4. The molecule has 1 N–H and O–H groups in total. The third-order valence-corrected chi connectivity index (χ3v) is 4.61. The van der Waals surface area contributed by atoms with E-state index in [1.807, 2.05) is 59.7 Å². The first kappa shape index (κ1) is 22.8. The van der Waals surface area contributed by atoms with E-state index >= 15 is 0 Å². The second-order valence-electron chi connectivity index (χ2n) is 8.13. The molecule has 0 bridgehead atoms. The molecule has 1 saturated heterocycles. The van der Waals surface area contributed by atoms with Gasteiger partial charge in [-0.05, 0) is 72.1 Å². The molecule has 162 valence electrons. The average Bonchev–Trinajstić information content (AvgIpc) is 3.12. The van der Waals surface area contributed by atoms with Crippen LogP contribution in [0.5, 0.6) is 11.5 Å². The Labute approximate surface area is 173 Å². The lowest BCUT2D eigenvalue weighted by molar-refractivity contribution is -0.126. The minimum Gasteiger partial charge on any atom is -0.490 e. The molecule has 29 heavy (non-hydrogen) atoms. The molecule has 0 aliphatic carbocycles. The first-order chi connectivity index (χ1) is 13.7. The average molecular weight is 407 g/mol. The van der Waals surface area contributed by atoms with Crippen molar-refractivity contribution >= 4 is 12.0 Å². The van der Waals surface area contributed by atoms with Gasteiger partial charge >= 0.3 is 6.09 Å². The highest BCUT2D eigenvalue weighted by Crippen LogP contribution is 2.31. The maximum atomic E-state index is 12.9. The Balaban J connectivity index is 2.07. The summed E-state index contributed by atoms with van der Waals surface area (Å²) in [5.41, 5.74) is 0.318. The van der Waals surface area contributed by atoms with Gasteiger partial charge in [-0.25, -0.2) is 4.79 Å². The van der Waals surface area contributed by atoms with Crippen LogP contribution in [-0.4, -0.2) is 48.3 Å². The summed E-state index contributed by atoms with van der Waals surface area (Å²) in [6.07, 6.45) is 0.969. The molecule has 2 atom stereocenters. The van der Waals surface area contributed by atoms with Crippen molar-refractivity contribution in [3.63, 3.8) is 0 Å². The van der Waals surface area contributed by atoms with Gasteiger partial charge in [-0.2, -0.15) is 0 Å². The molecular weight excluding hydrogens is 372 g/mol. The third-order valence-electron chi connectivity index (χ3n) is 4.61. The fourth-order valence-electron chi connectivity index (χ4n) is 3.31. The van der Waals surface area contributed by atoms with E-state index in [1.165, 1.54) is 4.90 Å². The molecule has 7 heteroatoms. The summed E-state index contributed by atoms with van der Waals surface area (Å²) in [6, 6.07) is 4.91. The number of ether oxygens (including phenoxy) is 3. The number of nitrogens with zero attached hydrogens (tertiary/aromatic N) is 1. The van der Waals surface area contributed by atoms with Crippen molar-refractivity contribution in [1.29, 1.82) is 0 Å². The molecule has 0 aromatic heterocycles. The van der Waals surface area contributed by atoms with Crippen LogP contribution in [0.1, 0.15) is 66.0 Å². The van der Waals surface area contributed by atoms with E-state index in [4.69, 9.17) is 14.2 Å². The van der Waals surface area contributed by atoms with E-state index in [1.54, 1.807) is 0 Å². The van der Waals surface area contributed by atoms with Gasteiger partial charge < -0.3 is 19.5 Å². The second kappa shape index (κ2) is 9.85. The highest BCUT2D eigenvalue weighted by atomic mass is 16.6. The van der Waals surface area contributed by atoms with E-state index in [0.29, 0.717) is 37.7 Å².